The molecule has 0 radical (unpaired) electrons. The molecule has 11 heavy (non-hydrogen) atoms. The molecule has 0 aliphatic rings. The van der Waals surface area contributed by atoms with Gasteiger partial charge in [-0.25, -0.2) is 0 Å². The first-order valence-corrected chi connectivity index (χ1v) is 3.11. The Morgan fingerprint density at radius 1 is 1.27 bits per heavy atom. The van der Waals surface area contributed by atoms with Crippen LogP contribution in [0.25, 0.3) is 0 Å². The molecular formula is C8H13NOSi. The third-order valence-electron chi connectivity index (χ3n) is 1.09. The van der Waals surface area contributed by atoms with E-state index in [9.17, 15) is 4.79 Å². The number of carbonyl (C=O) groups excluding carboxylic acids is 1. The summed E-state index contributed by atoms with van der Waals surface area (Å²) in [4.78, 5) is 10.5. The predicted octanol–water partition coefficient (Wildman–Crippen LogP) is 0.193. The first kappa shape index (κ1) is 9.91. The Labute approximate surface area is 70.6 Å². The number of para-hydroxylation sites is 1. The summed E-state index contributed by atoms with van der Waals surface area (Å²) in [5, 5.41) is 2.67. The second kappa shape index (κ2) is 4.68. The summed E-state index contributed by atoms with van der Waals surface area (Å²) in [5.74, 6) is -0.0359. The first-order valence-electron chi connectivity index (χ1n) is 3.11. The van der Waals surface area contributed by atoms with Gasteiger partial charge in [0.2, 0.25) is 5.91 Å². The monoisotopic (exact) mass is 167 g/mol. The molecule has 1 amide bonds. The van der Waals surface area contributed by atoms with E-state index >= 15 is 0 Å². The van der Waals surface area contributed by atoms with Gasteiger partial charge in [-0.1, -0.05) is 18.2 Å². The number of amides is 1. The van der Waals surface area contributed by atoms with Crippen molar-refractivity contribution in [1.82, 2.24) is 0 Å². The molecule has 1 aromatic carbocycles. The van der Waals surface area contributed by atoms with Crippen LogP contribution in [0.4, 0.5) is 5.69 Å². The average molecular weight is 167 g/mol. The highest BCUT2D eigenvalue weighted by atomic mass is 28.1. The van der Waals surface area contributed by atoms with Crippen LogP contribution in [-0.2, 0) is 4.79 Å². The number of benzene rings is 1. The van der Waals surface area contributed by atoms with Crippen molar-refractivity contribution in [2.75, 3.05) is 5.32 Å². The van der Waals surface area contributed by atoms with E-state index in [1.807, 2.05) is 30.3 Å². The van der Waals surface area contributed by atoms with Crippen LogP contribution >= 0.6 is 0 Å². The van der Waals surface area contributed by atoms with E-state index in [1.165, 1.54) is 6.92 Å². The Hall–Kier alpha value is -1.09. The van der Waals surface area contributed by atoms with Crippen LogP contribution in [0.2, 0.25) is 0 Å². The van der Waals surface area contributed by atoms with Crippen LogP contribution in [0.3, 0.4) is 0 Å². The van der Waals surface area contributed by atoms with E-state index in [-0.39, 0.29) is 16.9 Å². The molecule has 0 aromatic heterocycles. The van der Waals surface area contributed by atoms with Gasteiger partial charge in [-0.05, 0) is 23.1 Å². The number of rotatable bonds is 1. The molecule has 0 fully saturated rings. The minimum absolute atomic E-state index is 0. The maximum Gasteiger partial charge on any atom is 0.221 e. The zero-order valence-corrected chi connectivity index (χ0v) is 5.79. The Balaban J connectivity index is 0.000001000. The predicted molar refractivity (Wildman–Crippen MR) is 52.1 cm³/mol. The van der Waals surface area contributed by atoms with Crippen molar-refractivity contribution in [3.8, 4) is 0 Å². The molecule has 60 valence electrons. The molecule has 0 aliphatic carbocycles. The molecule has 1 N–H and O–H groups in total. The summed E-state index contributed by atoms with van der Waals surface area (Å²) < 4.78 is 0. The minimum Gasteiger partial charge on any atom is -0.326 e. The molecule has 2 nitrogen and oxygen atoms in total. The molecule has 0 atom stereocenters. The van der Waals surface area contributed by atoms with Gasteiger partial charge in [0.25, 0.3) is 0 Å². The van der Waals surface area contributed by atoms with Gasteiger partial charge in [0, 0.05) is 12.6 Å². The van der Waals surface area contributed by atoms with Crippen LogP contribution in [0.15, 0.2) is 30.3 Å². The lowest BCUT2D eigenvalue weighted by Crippen LogP contribution is -2.04. The molecule has 0 saturated carbocycles. The maximum absolute atomic E-state index is 10.5. The first-order chi connectivity index (χ1) is 4.79. The largest absolute Gasteiger partial charge is 0.326 e. The highest BCUT2D eigenvalue weighted by Crippen LogP contribution is 2.03. The maximum atomic E-state index is 10.5. The topological polar surface area (TPSA) is 29.1 Å². The molecule has 0 bridgehead atoms. The zero-order valence-electron chi connectivity index (χ0n) is 5.79. The van der Waals surface area contributed by atoms with E-state index in [2.05, 4.69) is 5.32 Å². The highest BCUT2D eigenvalue weighted by Gasteiger charge is 1.90. The molecule has 0 spiro atoms. The third-order valence-corrected chi connectivity index (χ3v) is 1.09. The van der Waals surface area contributed by atoms with Crippen molar-refractivity contribution < 1.29 is 4.79 Å². The molecule has 0 saturated heterocycles. The van der Waals surface area contributed by atoms with Gasteiger partial charge < -0.3 is 5.32 Å². The standard InChI is InChI=1S/C8H9NO.H4Si/c1-7(10)9-8-5-3-2-4-6-8;/h2-6H,1H3,(H,9,10);1H4. The summed E-state index contributed by atoms with van der Waals surface area (Å²) in [6.45, 7) is 1.49. The van der Waals surface area contributed by atoms with Gasteiger partial charge in [0.05, 0.1) is 0 Å². The Kier molecular flexibility index (Phi) is 4.22. The summed E-state index contributed by atoms with van der Waals surface area (Å²) in [6.07, 6.45) is 0. The van der Waals surface area contributed by atoms with Gasteiger partial charge in [-0.15, -0.1) is 0 Å². The lowest BCUT2D eigenvalue weighted by molar-refractivity contribution is -0.114. The van der Waals surface area contributed by atoms with Crippen LogP contribution in [0.1, 0.15) is 6.92 Å². The van der Waals surface area contributed by atoms with Crippen molar-refractivity contribution >= 4 is 22.6 Å². The summed E-state index contributed by atoms with van der Waals surface area (Å²) >= 11 is 0. The van der Waals surface area contributed by atoms with Crippen molar-refractivity contribution in [3.63, 3.8) is 0 Å². The number of hydrogen-bond donors (Lipinski definition) is 1. The summed E-state index contributed by atoms with van der Waals surface area (Å²) in [6, 6.07) is 9.37. The van der Waals surface area contributed by atoms with E-state index in [0.29, 0.717) is 0 Å². The third kappa shape index (κ3) is 3.57. The average Bonchev–Trinajstić information content (AvgIpc) is 1.88. The lowest BCUT2D eigenvalue weighted by Gasteiger charge is -1.98. The molecule has 3 heteroatoms. The van der Waals surface area contributed by atoms with Crippen molar-refractivity contribution in [2.24, 2.45) is 0 Å². The van der Waals surface area contributed by atoms with Gasteiger partial charge >= 0.3 is 0 Å². The van der Waals surface area contributed by atoms with Gasteiger partial charge in [-0.2, -0.15) is 0 Å². The molecular weight excluding hydrogens is 154 g/mol. The molecule has 0 aliphatic heterocycles. The normalized spacial score (nSPS) is 8.09. The van der Waals surface area contributed by atoms with E-state index in [1.54, 1.807) is 0 Å². The minimum atomic E-state index is -0.0359. The van der Waals surface area contributed by atoms with Crippen LogP contribution in [0.5, 0.6) is 0 Å². The second-order valence-corrected chi connectivity index (χ2v) is 2.05. The Morgan fingerprint density at radius 2 is 1.82 bits per heavy atom. The highest BCUT2D eigenvalue weighted by molar-refractivity contribution is 5.88. The second-order valence-electron chi connectivity index (χ2n) is 2.05. The number of carbonyl (C=O) groups is 1. The molecule has 0 heterocycles. The fraction of sp³-hybridized carbons (Fsp3) is 0.125. The van der Waals surface area contributed by atoms with Crippen LogP contribution < -0.4 is 5.32 Å². The Bertz CT molecular complexity index is 223. The van der Waals surface area contributed by atoms with Crippen LogP contribution in [0, 0.1) is 0 Å². The fourth-order valence-electron chi connectivity index (χ4n) is 0.725. The van der Waals surface area contributed by atoms with Crippen LogP contribution in [-0.4, -0.2) is 16.9 Å². The van der Waals surface area contributed by atoms with Crippen molar-refractivity contribution in [3.05, 3.63) is 30.3 Å². The number of anilines is 1. The Morgan fingerprint density at radius 3 is 2.27 bits per heavy atom. The van der Waals surface area contributed by atoms with Crippen molar-refractivity contribution in [1.29, 1.82) is 0 Å². The lowest BCUT2D eigenvalue weighted by atomic mass is 10.3. The molecule has 1 aromatic rings. The van der Waals surface area contributed by atoms with Gasteiger partial charge in [0.1, 0.15) is 0 Å². The quantitative estimate of drug-likeness (QED) is 0.595. The SMILES string of the molecule is CC(=O)Nc1ccccc1.[SiH4]. The zero-order chi connectivity index (χ0) is 7.40. The summed E-state index contributed by atoms with van der Waals surface area (Å²) in [5.41, 5.74) is 0.843. The van der Waals surface area contributed by atoms with E-state index in [0.717, 1.165) is 5.69 Å². The number of nitrogens with one attached hydrogen (secondary N) is 1. The number of hydrogen-bond acceptors (Lipinski definition) is 1. The van der Waals surface area contributed by atoms with E-state index < -0.39 is 0 Å². The molecule has 0 unspecified atom stereocenters. The van der Waals surface area contributed by atoms with Crippen molar-refractivity contribution in [2.45, 2.75) is 6.92 Å². The smallest absolute Gasteiger partial charge is 0.221 e. The van der Waals surface area contributed by atoms with Gasteiger partial charge in [-0.3, -0.25) is 4.79 Å². The van der Waals surface area contributed by atoms with E-state index in [4.69, 9.17) is 0 Å². The molecule has 1 rings (SSSR count). The van der Waals surface area contributed by atoms with Gasteiger partial charge in [0.15, 0.2) is 0 Å². The summed E-state index contributed by atoms with van der Waals surface area (Å²) in [7, 11) is 0. The fourth-order valence-corrected chi connectivity index (χ4v) is 0.725.